The topological polar surface area (TPSA) is 131 Å². The first-order chi connectivity index (χ1) is 7.15. The highest BCUT2D eigenvalue weighted by Gasteiger charge is 2.32. The van der Waals surface area contributed by atoms with Crippen LogP contribution in [-0.4, -0.2) is 42.7 Å². The van der Waals surface area contributed by atoms with Crippen LogP contribution in [-0.2, 0) is 4.79 Å². The van der Waals surface area contributed by atoms with Crippen LogP contribution in [0, 0.1) is 0 Å². The van der Waals surface area contributed by atoms with Crippen LogP contribution in [0.5, 0.6) is 0 Å². The van der Waals surface area contributed by atoms with Gasteiger partial charge in [0.25, 0.3) is 0 Å². The zero-order valence-electron chi connectivity index (χ0n) is 8.37. The first-order valence-corrected chi connectivity index (χ1v) is 4.25. The van der Waals surface area contributed by atoms with E-state index in [0.29, 0.717) is 0 Å². The second kappa shape index (κ2) is 6.49. The molecule has 1 aliphatic rings. The van der Waals surface area contributed by atoms with Gasteiger partial charge in [-0.15, -0.1) is 0 Å². The van der Waals surface area contributed by atoms with Crippen LogP contribution in [0.4, 0.5) is 0 Å². The Labute approximate surface area is 91.4 Å². The maximum atomic E-state index is 10.3. The molecule has 1 aliphatic carbocycles. The van der Waals surface area contributed by atoms with Crippen molar-refractivity contribution in [3.63, 3.8) is 0 Å². The van der Waals surface area contributed by atoms with Gasteiger partial charge in [-0.25, -0.2) is 4.79 Å². The van der Waals surface area contributed by atoms with E-state index in [1.165, 1.54) is 12.2 Å². The SMILES string of the molecule is O.O=C(O)C1(O)C=CC=CC1.c1cn[nH]n1. The molecule has 88 valence electrons. The Kier molecular flexibility index (Phi) is 5.68. The smallest absolute Gasteiger partial charge is 0.340 e. The number of nitrogens with one attached hydrogen (secondary N) is 1. The first kappa shape index (κ1) is 14.0. The van der Waals surface area contributed by atoms with Gasteiger partial charge in [0.05, 0.1) is 12.4 Å². The molecule has 0 bridgehead atoms. The number of carboxylic acids is 1. The maximum Gasteiger partial charge on any atom is 0.340 e. The first-order valence-electron chi connectivity index (χ1n) is 4.25. The molecule has 1 heterocycles. The van der Waals surface area contributed by atoms with Crippen molar-refractivity contribution in [1.29, 1.82) is 0 Å². The molecule has 1 unspecified atom stereocenters. The van der Waals surface area contributed by atoms with E-state index in [1.54, 1.807) is 24.5 Å². The maximum absolute atomic E-state index is 10.3. The number of aromatic amines is 1. The quantitative estimate of drug-likeness (QED) is 0.583. The van der Waals surface area contributed by atoms with E-state index in [0.717, 1.165) is 0 Å². The van der Waals surface area contributed by atoms with Gasteiger partial charge in [0.2, 0.25) is 0 Å². The number of H-pyrrole nitrogens is 1. The molecule has 0 spiro atoms. The summed E-state index contributed by atoms with van der Waals surface area (Å²) in [6.07, 6.45) is 9.44. The van der Waals surface area contributed by atoms with Gasteiger partial charge < -0.3 is 15.7 Å². The van der Waals surface area contributed by atoms with Crippen LogP contribution in [0.2, 0.25) is 0 Å². The van der Waals surface area contributed by atoms with Crippen LogP contribution in [0.25, 0.3) is 0 Å². The molecule has 0 radical (unpaired) electrons. The lowest BCUT2D eigenvalue weighted by Crippen LogP contribution is -2.36. The zero-order valence-corrected chi connectivity index (χ0v) is 8.37. The van der Waals surface area contributed by atoms with Crippen molar-refractivity contribution in [1.82, 2.24) is 15.4 Å². The highest BCUT2D eigenvalue weighted by molar-refractivity contribution is 5.80. The lowest BCUT2D eigenvalue weighted by molar-refractivity contribution is -0.153. The highest BCUT2D eigenvalue weighted by atomic mass is 16.4. The van der Waals surface area contributed by atoms with E-state index in [-0.39, 0.29) is 11.9 Å². The minimum atomic E-state index is -1.67. The average molecular weight is 227 g/mol. The summed E-state index contributed by atoms with van der Waals surface area (Å²) in [5.74, 6) is -1.20. The molecule has 0 aliphatic heterocycles. The van der Waals surface area contributed by atoms with Gasteiger partial charge in [0.15, 0.2) is 5.60 Å². The van der Waals surface area contributed by atoms with Gasteiger partial charge in [-0.1, -0.05) is 18.2 Å². The predicted molar refractivity (Wildman–Crippen MR) is 55.5 cm³/mol. The van der Waals surface area contributed by atoms with E-state index in [2.05, 4.69) is 15.4 Å². The van der Waals surface area contributed by atoms with Crippen molar-refractivity contribution >= 4 is 5.97 Å². The molecule has 1 atom stereocenters. The molecule has 16 heavy (non-hydrogen) atoms. The second-order valence-corrected chi connectivity index (χ2v) is 2.88. The fourth-order valence-corrected chi connectivity index (χ4v) is 0.934. The number of carboxylic acid groups (broad SMARTS) is 1. The summed E-state index contributed by atoms with van der Waals surface area (Å²) in [5.41, 5.74) is -1.67. The summed E-state index contributed by atoms with van der Waals surface area (Å²) in [6, 6.07) is 0. The van der Waals surface area contributed by atoms with Crippen molar-refractivity contribution in [2.24, 2.45) is 0 Å². The molecule has 0 amide bonds. The molecule has 5 N–H and O–H groups in total. The molecule has 0 aromatic carbocycles. The van der Waals surface area contributed by atoms with E-state index in [1.807, 2.05) is 0 Å². The van der Waals surface area contributed by atoms with E-state index in [9.17, 15) is 9.90 Å². The van der Waals surface area contributed by atoms with Crippen LogP contribution in [0.3, 0.4) is 0 Å². The Morgan fingerprint density at radius 1 is 1.31 bits per heavy atom. The lowest BCUT2D eigenvalue weighted by Gasteiger charge is -2.18. The van der Waals surface area contributed by atoms with E-state index < -0.39 is 11.6 Å². The number of aromatic nitrogens is 3. The van der Waals surface area contributed by atoms with Crippen molar-refractivity contribution in [3.05, 3.63) is 36.7 Å². The Morgan fingerprint density at radius 3 is 2.19 bits per heavy atom. The molecule has 0 saturated carbocycles. The monoisotopic (exact) mass is 227 g/mol. The Bertz CT molecular complexity index is 344. The number of hydrogen-bond acceptors (Lipinski definition) is 4. The van der Waals surface area contributed by atoms with Crippen LogP contribution in [0.15, 0.2) is 36.7 Å². The molecule has 2 rings (SSSR count). The van der Waals surface area contributed by atoms with E-state index in [4.69, 9.17) is 5.11 Å². The number of aliphatic carboxylic acids is 1. The van der Waals surface area contributed by atoms with Crippen molar-refractivity contribution in [3.8, 4) is 0 Å². The number of carbonyl (C=O) groups is 1. The summed E-state index contributed by atoms with van der Waals surface area (Å²) in [6.45, 7) is 0. The van der Waals surface area contributed by atoms with Crippen molar-refractivity contribution in [2.45, 2.75) is 12.0 Å². The largest absolute Gasteiger partial charge is 0.479 e. The van der Waals surface area contributed by atoms with Gasteiger partial charge in [-0.2, -0.15) is 15.4 Å². The third kappa shape index (κ3) is 4.03. The molecular formula is C9H13N3O4. The fraction of sp³-hybridized carbons (Fsp3) is 0.222. The normalized spacial score (nSPS) is 21.6. The molecular weight excluding hydrogens is 214 g/mol. The minimum Gasteiger partial charge on any atom is -0.479 e. The van der Waals surface area contributed by atoms with Gasteiger partial charge in [0, 0.05) is 6.42 Å². The Balaban J connectivity index is 0.000000318. The fourth-order valence-electron chi connectivity index (χ4n) is 0.934. The van der Waals surface area contributed by atoms with Gasteiger partial charge in [-0.3, -0.25) is 0 Å². The average Bonchev–Trinajstić information content (AvgIpc) is 2.76. The summed E-state index contributed by atoms with van der Waals surface area (Å²) in [7, 11) is 0. The van der Waals surface area contributed by atoms with Gasteiger partial charge in [-0.05, 0) is 6.08 Å². The Morgan fingerprint density at radius 2 is 1.94 bits per heavy atom. The molecule has 7 heteroatoms. The van der Waals surface area contributed by atoms with Crippen LogP contribution in [0.1, 0.15) is 6.42 Å². The molecule has 1 aromatic rings. The number of hydrogen-bond donors (Lipinski definition) is 3. The molecule has 7 nitrogen and oxygen atoms in total. The number of aliphatic hydroxyl groups is 1. The zero-order chi connectivity index (χ0) is 11.1. The lowest BCUT2D eigenvalue weighted by atomic mass is 9.96. The van der Waals surface area contributed by atoms with E-state index >= 15 is 0 Å². The second-order valence-electron chi connectivity index (χ2n) is 2.88. The standard InChI is InChI=1S/C7H8O3.C2H3N3.H2O/c8-6(9)7(10)4-2-1-3-5-7;1-2-4-5-3-1;/h1-4,10H,5H2,(H,8,9);1-2H,(H,3,4,5);1H2. The Hall–Kier alpha value is -1.99. The number of rotatable bonds is 1. The van der Waals surface area contributed by atoms with Crippen molar-refractivity contribution in [2.75, 3.05) is 0 Å². The number of nitrogens with zero attached hydrogens (tertiary/aromatic N) is 2. The summed E-state index contributed by atoms with van der Waals surface area (Å²) in [5, 5.41) is 27.0. The van der Waals surface area contributed by atoms with Gasteiger partial charge in [0.1, 0.15) is 0 Å². The molecule has 0 saturated heterocycles. The summed E-state index contributed by atoms with van der Waals surface area (Å²) >= 11 is 0. The van der Waals surface area contributed by atoms with Crippen molar-refractivity contribution < 1.29 is 20.5 Å². The molecule has 0 fully saturated rings. The predicted octanol–water partition coefficient (Wildman–Crippen LogP) is -0.702. The van der Waals surface area contributed by atoms with Crippen LogP contribution < -0.4 is 0 Å². The summed E-state index contributed by atoms with van der Waals surface area (Å²) < 4.78 is 0. The third-order valence-electron chi connectivity index (χ3n) is 1.75. The number of allylic oxidation sites excluding steroid dienone is 2. The van der Waals surface area contributed by atoms with Gasteiger partial charge >= 0.3 is 5.97 Å². The minimum absolute atomic E-state index is 0. The third-order valence-corrected chi connectivity index (χ3v) is 1.75. The van der Waals surface area contributed by atoms with Crippen LogP contribution >= 0.6 is 0 Å². The summed E-state index contributed by atoms with van der Waals surface area (Å²) in [4.78, 5) is 10.3. The molecule has 1 aromatic heterocycles. The highest BCUT2D eigenvalue weighted by Crippen LogP contribution is 2.16.